The Bertz CT molecular complexity index is 802. The molecule has 0 atom stereocenters. The van der Waals surface area contributed by atoms with Crippen LogP contribution in [-0.4, -0.2) is 17.4 Å². The molecule has 0 aliphatic heterocycles. The van der Waals surface area contributed by atoms with E-state index in [-0.39, 0.29) is 12.3 Å². The molecule has 0 saturated carbocycles. The quantitative estimate of drug-likeness (QED) is 0.614. The number of pyridine rings is 1. The maximum absolute atomic E-state index is 12.1. The Morgan fingerprint density at radius 1 is 0.846 bits per heavy atom. The molecular formula is C22H23N3O. The van der Waals surface area contributed by atoms with E-state index in [1.807, 2.05) is 36.4 Å². The Kier molecular flexibility index (Phi) is 6.51. The van der Waals surface area contributed by atoms with Crippen LogP contribution < -0.4 is 10.6 Å². The molecule has 2 aromatic carbocycles. The Balaban J connectivity index is 1.41. The molecule has 0 unspecified atom stereocenters. The lowest BCUT2D eigenvalue weighted by Gasteiger charge is -2.08. The van der Waals surface area contributed by atoms with E-state index in [9.17, 15) is 4.79 Å². The highest BCUT2D eigenvalue weighted by molar-refractivity contribution is 5.91. The lowest BCUT2D eigenvalue weighted by atomic mass is 10.1. The lowest BCUT2D eigenvalue weighted by Crippen LogP contribution is -2.17. The molecule has 0 spiro atoms. The monoisotopic (exact) mass is 345 g/mol. The van der Waals surface area contributed by atoms with Crippen molar-refractivity contribution in [3.63, 3.8) is 0 Å². The summed E-state index contributed by atoms with van der Waals surface area (Å²) in [5, 5.41) is 6.36. The van der Waals surface area contributed by atoms with Crippen molar-refractivity contribution in [2.24, 2.45) is 0 Å². The zero-order valence-corrected chi connectivity index (χ0v) is 14.7. The molecule has 0 bridgehead atoms. The van der Waals surface area contributed by atoms with Crippen molar-refractivity contribution in [3.05, 3.63) is 95.8 Å². The molecular weight excluding hydrogens is 322 g/mol. The van der Waals surface area contributed by atoms with Gasteiger partial charge in [-0.3, -0.25) is 9.78 Å². The van der Waals surface area contributed by atoms with Crippen LogP contribution in [-0.2, 0) is 24.2 Å². The van der Waals surface area contributed by atoms with Crippen LogP contribution in [0.15, 0.2) is 79.0 Å². The van der Waals surface area contributed by atoms with Gasteiger partial charge < -0.3 is 10.6 Å². The molecule has 0 aliphatic carbocycles. The first-order valence-corrected chi connectivity index (χ1v) is 8.83. The second-order valence-electron chi connectivity index (χ2n) is 6.16. The third-order valence-electron chi connectivity index (χ3n) is 4.07. The number of hydrogen-bond acceptors (Lipinski definition) is 3. The third-order valence-corrected chi connectivity index (χ3v) is 4.07. The molecule has 4 nitrogen and oxygen atoms in total. The van der Waals surface area contributed by atoms with E-state index in [1.165, 1.54) is 11.1 Å². The first-order valence-electron chi connectivity index (χ1n) is 8.83. The minimum Gasteiger partial charge on any atom is -0.326 e. The van der Waals surface area contributed by atoms with Crippen LogP contribution in [0.5, 0.6) is 0 Å². The van der Waals surface area contributed by atoms with Crippen LogP contribution in [0.25, 0.3) is 0 Å². The average Bonchev–Trinajstić information content (AvgIpc) is 2.68. The number of carbonyl (C=O) groups excluding carboxylic acids is 1. The first kappa shape index (κ1) is 17.8. The van der Waals surface area contributed by atoms with Gasteiger partial charge in [-0.2, -0.15) is 0 Å². The third kappa shape index (κ3) is 5.83. The summed E-state index contributed by atoms with van der Waals surface area (Å²) in [7, 11) is 0. The molecule has 1 aromatic heterocycles. The summed E-state index contributed by atoms with van der Waals surface area (Å²) in [6, 6.07) is 24.0. The number of anilines is 1. The normalized spacial score (nSPS) is 10.5. The summed E-state index contributed by atoms with van der Waals surface area (Å²) in [5.41, 5.74) is 4.12. The Hall–Kier alpha value is -2.98. The van der Waals surface area contributed by atoms with Crippen LogP contribution in [0.3, 0.4) is 0 Å². The minimum absolute atomic E-state index is 0.0547. The number of nitrogens with zero attached hydrogens (tertiary/aromatic N) is 1. The van der Waals surface area contributed by atoms with E-state index < -0.39 is 0 Å². The molecule has 1 heterocycles. The summed E-state index contributed by atoms with van der Waals surface area (Å²) >= 11 is 0. The lowest BCUT2D eigenvalue weighted by molar-refractivity contribution is -0.115. The molecule has 3 rings (SSSR count). The van der Waals surface area contributed by atoms with Crippen LogP contribution >= 0.6 is 0 Å². The van der Waals surface area contributed by atoms with Crippen LogP contribution in [0.2, 0.25) is 0 Å². The largest absolute Gasteiger partial charge is 0.326 e. The van der Waals surface area contributed by atoms with Gasteiger partial charge in [0.2, 0.25) is 5.91 Å². The van der Waals surface area contributed by atoms with Crippen LogP contribution in [0.1, 0.15) is 16.8 Å². The van der Waals surface area contributed by atoms with Gasteiger partial charge in [0.15, 0.2) is 0 Å². The van der Waals surface area contributed by atoms with E-state index >= 15 is 0 Å². The van der Waals surface area contributed by atoms with Crippen molar-refractivity contribution in [2.45, 2.75) is 19.4 Å². The standard InChI is InChI=1S/C22H23N3O/c26-22(16-21-8-4-5-14-24-21)25-20-11-9-18(10-12-20)13-15-23-17-19-6-2-1-3-7-19/h1-12,14,23H,13,15-17H2,(H,25,26). The number of nitrogens with one attached hydrogen (secondary N) is 2. The highest BCUT2D eigenvalue weighted by atomic mass is 16.1. The van der Waals surface area contributed by atoms with Crippen molar-refractivity contribution in [1.82, 2.24) is 10.3 Å². The molecule has 0 radical (unpaired) electrons. The van der Waals surface area contributed by atoms with Crippen molar-refractivity contribution in [2.75, 3.05) is 11.9 Å². The summed E-state index contributed by atoms with van der Waals surface area (Å²) in [6.45, 7) is 1.79. The van der Waals surface area contributed by atoms with Crippen molar-refractivity contribution < 1.29 is 4.79 Å². The highest BCUT2D eigenvalue weighted by Gasteiger charge is 2.04. The molecule has 0 aliphatic rings. The fraction of sp³-hybridized carbons (Fsp3) is 0.182. The van der Waals surface area contributed by atoms with E-state index in [0.717, 1.165) is 30.9 Å². The highest BCUT2D eigenvalue weighted by Crippen LogP contribution is 2.10. The molecule has 26 heavy (non-hydrogen) atoms. The molecule has 2 N–H and O–H groups in total. The fourth-order valence-corrected chi connectivity index (χ4v) is 2.69. The van der Waals surface area contributed by atoms with Gasteiger partial charge >= 0.3 is 0 Å². The van der Waals surface area contributed by atoms with E-state index in [2.05, 4.69) is 52.0 Å². The SMILES string of the molecule is O=C(Cc1ccccn1)Nc1ccc(CCNCc2ccccc2)cc1. The maximum Gasteiger partial charge on any atom is 0.230 e. The molecule has 132 valence electrons. The molecule has 1 amide bonds. The summed E-state index contributed by atoms with van der Waals surface area (Å²) < 4.78 is 0. The summed E-state index contributed by atoms with van der Waals surface area (Å²) in [6.07, 6.45) is 2.93. The van der Waals surface area contributed by atoms with E-state index in [1.54, 1.807) is 6.20 Å². The van der Waals surface area contributed by atoms with E-state index in [0.29, 0.717) is 0 Å². The smallest absolute Gasteiger partial charge is 0.230 e. The number of amides is 1. The van der Waals surface area contributed by atoms with Crippen molar-refractivity contribution in [3.8, 4) is 0 Å². The maximum atomic E-state index is 12.1. The second-order valence-corrected chi connectivity index (χ2v) is 6.16. The Morgan fingerprint density at radius 3 is 2.35 bits per heavy atom. The van der Waals surface area contributed by atoms with Gasteiger partial charge in [-0.25, -0.2) is 0 Å². The molecule has 3 aromatic rings. The van der Waals surface area contributed by atoms with Crippen LogP contribution in [0, 0.1) is 0 Å². The van der Waals surface area contributed by atoms with Crippen molar-refractivity contribution in [1.29, 1.82) is 0 Å². The zero-order chi connectivity index (χ0) is 18.0. The molecule has 0 saturated heterocycles. The average molecular weight is 345 g/mol. The second kappa shape index (κ2) is 9.49. The van der Waals surface area contributed by atoms with E-state index in [4.69, 9.17) is 0 Å². The van der Waals surface area contributed by atoms with Crippen LogP contribution in [0.4, 0.5) is 5.69 Å². The Morgan fingerprint density at radius 2 is 1.62 bits per heavy atom. The Labute approximate surface area is 154 Å². The topological polar surface area (TPSA) is 54.0 Å². The van der Waals surface area contributed by atoms with Gasteiger partial charge in [-0.1, -0.05) is 48.5 Å². The number of benzene rings is 2. The van der Waals surface area contributed by atoms with Gasteiger partial charge in [-0.05, 0) is 48.4 Å². The van der Waals surface area contributed by atoms with Gasteiger partial charge in [0, 0.05) is 24.1 Å². The predicted octanol–water partition coefficient (Wildman–Crippen LogP) is 3.60. The van der Waals surface area contributed by atoms with Gasteiger partial charge in [0.05, 0.1) is 6.42 Å². The number of rotatable bonds is 8. The predicted molar refractivity (Wildman–Crippen MR) is 105 cm³/mol. The van der Waals surface area contributed by atoms with Gasteiger partial charge in [0.1, 0.15) is 0 Å². The summed E-state index contributed by atoms with van der Waals surface area (Å²) in [4.78, 5) is 16.2. The molecule has 4 heteroatoms. The minimum atomic E-state index is -0.0547. The number of aromatic nitrogens is 1. The van der Waals surface area contributed by atoms with Gasteiger partial charge in [-0.15, -0.1) is 0 Å². The molecule has 0 fully saturated rings. The van der Waals surface area contributed by atoms with Crippen molar-refractivity contribution >= 4 is 11.6 Å². The van der Waals surface area contributed by atoms with Gasteiger partial charge in [0.25, 0.3) is 0 Å². The zero-order valence-electron chi connectivity index (χ0n) is 14.7. The fourth-order valence-electron chi connectivity index (χ4n) is 2.69. The summed E-state index contributed by atoms with van der Waals surface area (Å²) in [5.74, 6) is -0.0547. The first-order chi connectivity index (χ1) is 12.8. The number of hydrogen-bond donors (Lipinski definition) is 2. The number of carbonyl (C=O) groups is 1.